The topological polar surface area (TPSA) is 88.1 Å². The van der Waals surface area contributed by atoms with E-state index in [4.69, 9.17) is 9.47 Å². The highest BCUT2D eigenvalue weighted by Gasteiger charge is 2.38. The number of aliphatic hydroxyl groups is 1. The van der Waals surface area contributed by atoms with Gasteiger partial charge < -0.3 is 14.6 Å². The number of nitrogens with zero attached hydrogens (tertiary/aromatic N) is 1. The summed E-state index contributed by atoms with van der Waals surface area (Å²) in [5.74, 6) is -0.536. The van der Waals surface area contributed by atoms with Crippen LogP contribution in [-0.4, -0.2) is 41.0 Å². The zero-order valence-electron chi connectivity index (χ0n) is 14.1. The molecule has 2 aromatic carbocycles. The summed E-state index contributed by atoms with van der Waals surface area (Å²) in [6.07, 6.45) is -2.00. The molecule has 2 aromatic rings. The first-order valence-electron chi connectivity index (χ1n) is 8.25. The van der Waals surface area contributed by atoms with Crippen LogP contribution in [0.4, 0.5) is 4.79 Å². The van der Waals surface area contributed by atoms with Crippen molar-refractivity contribution in [2.75, 3.05) is 6.54 Å². The Bertz CT molecular complexity index is 738. The van der Waals surface area contributed by atoms with Gasteiger partial charge in [0.05, 0.1) is 6.54 Å². The second kappa shape index (κ2) is 8.46. The number of hydrogen-bond acceptors (Lipinski definition) is 6. The van der Waals surface area contributed by atoms with E-state index in [1.165, 1.54) is 0 Å². The number of aliphatic hydroxyl groups excluding tert-OH is 1. The molecule has 0 aromatic heterocycles. The molecule has 1 amide bonds. The molecule has 1 saturated heterocycles. The van der Waals surface area contributed by atoms with Gasteiger partial charge in [0.25, 0.3) is 0 Å². The minimum Gasteiger partial charge on any atom is -0.460 e. The van der Waals surface area contributed by atoms with Gasteiger partial charge in [-0.25, -0.2) is 4.79 Å². The molecule has 1 unspecified atom stereocenters. The van der Waals surface area contributed by atoms with Gasteiger partial charge in [-0.05, 0) is 11.1 Å². The molecule has 7 nitrogen and oxygen atoms in total. The van der Waals surface area contributed by atoms with E-state index in [0.717, 1.165) is 16.0 Å². The van der Waals surface area contributed by atoms with Crippen molar-refractivity contribution < 1.29 is 24.2 Å². The maximum Gasteiger partial charge on any atom is 0.413 e. The zero-order valence-corrected chi connectivity index (χ0v) is 14.1. The third-order valence-corrected chi connectivity index (χ3v) is 3.97. The number of amides is 1. The Morgan fingerprint density at radius 3 is 2.08 bits per heavy atom. The van der Waals surface area contributed by atoms with Gasteiger partial charge in [0.15, 0.2) is 6.35 Å². The highest BCUT2D eigenvalue weighted by molar-refractivity contribution is 5.78. The summed E-state index contributed by atoms with van der Waals surface area (Å²) >= 11 is 0. The van der Waals surface area contributed by atoms with Crippen molar-refractivity contribution in [2.24, 2.45) is 0 Å². The fourth-order valence-corrected chi connectivity index (χ4v) is 2.57. The molecule has 0 aliphatic carbocycles. The van der Waals surface area contributed by atoms with E-state index in [1.807, 2.05) is 60.7 Å². The van der Waals surface area contributed by atoms with Crippen LogP contribution in [0.5, 0.6) is 0 Å². The van der Waals surface area contributed by atoms with Crippen LogP contribution in [0.2, 0.25) is 0 Å². The average Bonchev–Trinajstić information content (AvgIpc) is 3.08. The second-order valence-electron chi connectivity index (χ2n) is 5.88. The monoisotopic (exact) mass is 356 g/mol. The van der Waals surface area contributed by atoms with Gasteiger partial charge in [-0.3, -0.25) is 15.0 Å². The fraction of sp³-hybridized carbons (Fsp3) is 0.263. The van der Waals surface area contributed by atoms with Gasteiger partial charge in [0, 0.05) is 0 Å². The molecule has 136 valence electrons. The van der Waals surface area contributed by atoms with E-state index in [2.05, 4.69) is 5.32 Å². The van der Waals surface area contributed by atoms with Crippen LogP contribution in [0.1, 0.15) is 11.1 Å². The third-order valence-electron chi connectivity index (χ3n) is 3.97. The Morgan fingerprint density at radius 1 is 0.962 bits per heavy atom. The lowest BCUT2D eigenvalue weighted by molar-refractivity contribution is -0.147. The number of benzene rings is 2. The first kappa shape index (κ1) is 17.9. The normalized spacial score (nSPS) is 19.2. The quantitative estimate of drug-likeness (QED) is 0.792. The predicted octanol–water partition coefficient (Wildman–Crippen LogP) is 1.62. The molecule has 0 spiro atoms. The Morgan fingerprint density at radius 2 is 1.50 bits per heavy atom. The van der Waals surface area contributed by atoms with Crippen LogP contribution >= 0.6 is 0 Å². The lowest BCUT2D eigenvalue weighted by Crippen LogP contribution is -2.40. The zero-order chi connectivity index (χ0) is 18.4. The molecular formula is C19H20N2O5. The van der Waals surface area contributed by atoms with Gasteiger partial charge in [-0.1, -0.05) is 60.7 Å². The van der Waals surface area contributed by atoms with Crippen LogP contribution in [0.3, 0.4) is 0 Å². The van der Waals surface area contributed by atoms with Crippen LogP contribution in [-0.2, 0) is 27.5 Å². The van der Waals surface area contributed by atoms with Crippen molar-refractivity contribution in [3.8, 4) is 0 Å². The lowest BCUT2D eigenvalue weighted by atomic mass is 10.2. The number of nitrogens with one attached hydrogen (secondary N) is 1. The summed E-state index contributed by atoms with van der Waals surface area (Å²) in [6.45, 7) is 0.195. The van der Waals surface area contributed by atoms with Gasteiger partial charge in [0.2, 0.25) is 0 Å². The molecule has 1 heterocycles. The molecule has 1 aliphatic rings. The first-order chi connectivity index (χ1) is 12.6. The van der Waals surface area contributed by atoms with Crippen LogP contribution in [0.15, 0.2) is 60.7 Å². The van der Waals surface area contributed by atoms with Crippen molar-refractivity contribution in [3.63, 3.8) is 0 Å². The van der Waals surface area contributed by atoms with Gasteiger partial charge >= 0.3 is 12.1 Å². The third kappa shape index (κ3) is 4.59. The van der Waals surface area contributed by atoms with Gasteiger partial charge in [0.1, 0.15) is 19.3 Å². The molecule has 0 radical (unpaired) electrons. The number of esters is 1. The van der Waals surface area contributed by atoms with Crippen LogP contribution < -0.4 is 5.32 Å². The number of ether oxygens (including phenoxy) is 2. The summed E-state index contributed by atoms with van der Waals surface area (Å²) < 4.78 is 10.4. The van der Waals surface area contributed by atoms with E-state index >= 15 is 0 Å². The van der Waals surface area contributed by atoms with Gasteiger partial charge in [-0.2, -0.15) is 0 Å². The van der Waals surface area contributed by atoms with Crippen molar-refractivity contribution in [3.05, 3.63) is 71.8 Å². The average molecular weight is 356 g/mol. The smallest absolute Gasteiger partial charge is 0.413 e. The Kier molecular flexibility index (Phi) is 5.83. The molecule has 1 fully saturated rings. The number of carbonyl (C=O) groups excluding carboxylic acids is 2. The maximum atomic E-state index is 12.1. The molecule has 26 heavy (non-hydrogen) atoms. The SMILES string of the molecule is O=C(OCc1ccccc1)[C@@H]1CN(C(=O)OCc2ccccc2)C(O)N1. The highest BCUT2D eigenvalue weighted by Crippen LogP contribution is 2.12. The van der Waals surface area contributed by atoms with E-state index in [1.54, 1.807) is 0 Å². The second-order valence-corrected chi connectivity index (χ2v) is 5.88. The molecular weight excluding hydrogens is 336 g/mol. The molecule has 2 atom stereocenters. The summed E-state index contributed by atoms with van der Waals surface area (Å²) in [5.41, 5.74) is 1.69. The van der Waals surface area contributed by atoms with E-state index in [-0.39, 0.29) is 19.8 Å². The number of hydrogen-bond donors (Lipinski definition) is 2. The standard InChI is InChI=1S/C19H20N2O5/c22-17(25-12-14-7-3-1-4-8-14)16-11-21(18(23)20-16)19(24)26-13-15-9-5-2-6-10-15/h1-10,16,18,20,23H,11-13H2/t16-,18?/m0/s1. The van der Waals surface area contributed by atoms with Gasteiger partial charge in [-0.15, -0.1) is 0 Å². The summed E-state index contributed by atoms with van der Waals surface area (Å²) in [7, 11) is 0. The summed E-state index contributed by atoms with van der Waals surface area (Å²) in [5, 5.41) is 12.6. The fourth-order valence-electron chi connectivity index (χ4n) is 2.57. The van der Waals surface area contributed by atoms with E-state index in [0.29, 0.717) is 0 Å². The molecule has 2 N–H and O–H groups in total. The highest BCUT2D eigenvalue weighted by atomic mass is 16.6. The van der Waals surface area contributed by atoms with E-state index in [9.17, 15) is 14.7 Å². The molecule has 1 aliphatic heterocycles. The van der Waals surface area contributed by atoms with Crippen LogP contribution in [0.25, 0.3) is 0 Å². The molecule has 3 rings (SSSR count). The molecule has 7 heteroatoms. The lowest BCUT2D eigenvalue weighted by Gasteiger charge is -2.18. The summed E-state index contributed by atoms with van der Waals surface area (Å²) in [4.78, 5) is 25.3. The van der Waals surface area contributed by atoms with Crippen molar-refractivity contribution in [2.45, 2.75) is 25.6 Å². The molecule has 0 bridgehead atoms. The predicted molar refractivity (Wildman–Crippen MR) is 92.5 cm³/mol. The summed E-state index contributed by atoms with van der Waals surface area (Å²) in [6, 6.07) is 17.7. The Hall–Kier alpha value is -2.90. The Labute approximate surface area is 151 Å². The maximum absolute atomic E-state index is 12.1. The first-order valence-corrected chi connectivity index (χ1v) is 8.25. The number of rotatable bonds is 5. The van der Waals surface area contributed by atoms with E-state index < -0.39 is 24.5 Å². The largest absolute Gasteiger partial charge is 0.460 e. The minimum absolute atomic E-state index is 0.0254. The van der Waals surface area contributed by atoms with Crippen molar-refractivity contribution in [1.29, 1.82) is 0 Å². The van der Waals surface area contributed by atoms with Crippen LogP contribution in [0, 0.1) is 0 Å². The number of carbonyl (C=O) groups is 2. The van der Waals surface area contributed by atoms with Crippen molar-refractivity contribution in [1.82, 2.24) is 10.2 Å². The molecule has 0 saturated carbocycles. The minimum atomic E-state index is -1.30. The van der Waals surface area contributed by atoms with Crippen molar-refractivity contribution >= 4 is 12.1 Å². The Balaban J connectivity index is 1.48.